The Bertz CT molecular complexity index is 244. The van der Waals surface area contributed by atoms with Crippen LogP contribution in [0.3, 0.4) is 0 Å². The van der Waals surface area contributed by atoms with E-state index in [1.165, 1.54) is 11.3 Å². The maximum atomic E-state index is 10.3. The fourth-order valence-corrected chi connectivity index (χ4v) is 1.98. The molecule has 10 heavy (non-hydrogen) atoms. The maximum Gasteiger partial charge on any atom is 0.345 e. The quantitative estimate of drug-likeness (QED) is 0.660. The smallest absolute Gasteiger partial charge is 0.345 e. The van der Waals surface area contributed by atoms with Gasteiger partial charge in [0.1, 0.15) is 4.88 Å². The van der Waals surface area contributed by atoms with Crippen molar-refractivity contribution in [2.24, 2.45) is 0 Å². The van der Waals surface area contributed by atoms with Gasteiger partial charge in [0, 0.05) is 9.30 Å². The predicted molar refractivity (Wildman–Crippen MR) is 49.0 cm³/mol. The van der Waals surface area contributed by atoms with Gasteiger partial charge in [0.05, 0.1) is 0 Å². The summed E-state index contributed by atoms with van der Waals surface area (Å²) in [6.45, 7) is 0. The highest BCUT2D eigenvalue weighted by molar-refractivity contribution is 14.1. The molecule has 0 aromatic carbocycles. The van der Waals surface area contributed by atoms with Crippen LogP contribution in [-0.2, 0) is 4.43 Å². The molecule has 0 saturated carbocycles. The van der Waals surface area contributed by atoms with Crippen molar-refractivity contribution in [2.45, 2.75) is 4.43 Å². The summed E-state index contributed by atoms with van der Waals surface area (Å²) >= 11 is 3.54. The van der Waals surface area contributed by atoms with Gasteiger partial charge in [0.15, 0.2) is 0 Å². The van der Waals surface area contributed by atoms with Crippen LogP contribution in [0.25, 0.3) is 0 Å². The molecule has 1 heterocycles. The molecular formula is C6H5IO2S. The molecule has 0 atom stereocenters. The molecule has 0 aliphatic carbocycles. The average Bonchev–Trinajstić information content (AvgIpc) is 2.34. The van der Waals surface area contributed by atoms with Gasteiger partial charge in [-0.25, -0.2) is 4.79 Å². The summed E-state index contributed by atoms with van der Waals surface area (Å²) in [7, 11) is 0. The van der Waals surface area contributed by atoms with Crippen molar-refractivity contribution in [1.29, 1.82) is 0 Å². The second-order valence-electron chi connectivity index (χ2n) is 1.70. The van der Waals surface area contributed by atoms with E-state index in [1.807, 2.05) is 6.07 Å². The van der Waals surface area contributed by atoms with Crippen LogP contribution in [0.15, 0.2) is 12.1 Å². The molecule has 0 aliphatic rings. The highest BCUT2D eigenvalue weighted by Gasteiger charge is 2.04. The normalized spacial score (nSPS) is 9.70. The Kier molecular flexibility index (Phi) is 2.67. The third-order valence-electron chi connectivity index (χ3n) is 1.00. The van der Waals surface area contributed by atoms with Gasteiger partial charge in [-0.05, 0) is 12.1 Å². The van der Waals surface area contributed by atoms with E-state index in [2.05, 4.69) is 22.6 Å². The van der Waals surface area contributed by atoms with Crippen molar-refractivity contribution < 1.29 is 9.90 Å². The van der Waals surface area contributed by atoms with Crippen molar-refractivity contribution in [2.75, 3.05) is 0 Å². The van der Waals surface area contributed by atoms with Crippen molar-refractivity contribution in [3.63, 3.8) is 0 Å². The van der Waals surface area contributed by atoms with Crippen LogP contribution in [0.5, 0.6) is 0 Å². The lowest BCUT2D eigenvalue weighted by atomic mass is 10.4. The van der Waals surface area contributed by atoms with E-state index in [0.29, 0.717) is 4.88 Å². The number of aromatic carboxylic acids is 1. The summed E-state index contributed by atoms with van der Waals surface area (Å²) < 4.78 is 0.885. The van der Waals surface area contributed by atoms with Crippen LogP contribution in [0, 0.1) is 0 Å². The van der Waals surface area contributed by atoms with E-state index >= 15 is 0 Å². The molecule has 0 aliphatic heterocycles. The minimum atomic E-state index is -0.832. The number of rotatable bonds is 2. The molecule has 0 radical (unpaired) electrons. The Hall–Kier alpha value is -0.100. The van der Waals surface area contributed by atoms with Crippen molar-refractivity contribution >= 4 is 39.9 Å². The first-order valence-electron chi connectivity index (χ1n) is 2.62. The number of carbonyl (C=O) groups is 1. The fraction of sp³-hybridized carbons (Fsp3) is 0.167. The first kappa shape index (κ1) is 8.00. The molecule has 1 aromatic rings. The number of carboxylic acids is 1. The van der Waals surface area contributed by atoms with E-state index in [-0.39, 0.29) is 0 Å². The number of halogens is 1. The second-order valence-corrected chi connectivity index (χ2v) is 3.64. The van der Waals surface area contributed by atoms with Crippen LogP contribution >= 0.6 is 33.9 Å². The van der Waals surface area contributed by atoms with Crippen molar-refractivity contribution in [1.82, 2.24) is 0 Å². The van der Waals surface area contributed by atoms with Crippen LogP contribution < -0.4 is 0 Å². The Morgan fingerprint density at radius 1 is 1.70 bits per heavy atom. The van der Waals surface area contributed by atoms with Crippen LogP contribution in [0.1, 0.15) is 14.5 Å². The van der Waals surface area contributed by atoms with Gasteiger partial charge in [0.25, 0.3) is 0 Å². The van der Waals surface area contributed by atoms with Gasteiger partial charge in [-0.1, -0.05) is 22.6 Å². The second kappa shape index (κ2) is 3.34. The molecule has 4 heteroatoms. The van der Waals surface area contributed by atoms with Crippen LogP contribution in [0.2, 0.25) is 0 Å². The van der Waals surface area contributed by atoms with E-state index in [9.17, 15) is 4.79 Å². The lowest BCUT2D eigenvalue weighted by Gasteiger charge is -1.82. The molecule has 1 N–H and O–H groups in total. The summed E-state index contributed by atoms with van der Waals surface area (Å²) in [5.74, 6) is -0.832. The Balaban J connectivity index is 2.88. The summed E-state index contributed by atoms with van der Waals surface area (Å²) in [5.41, 5.74) is 0. The summed E-state index contributed by atoms with van der Waals surface area (Å²) in [6.07, 6.45) is 0. The number of carboxylic acid groups (broad SMARTS) is 1. The van der Waals surface area contributed by atoms with Crippen LogP contribution in [0.4, 0.5) is 0 Å². The average molecular weight is 268 g/mol. The molecule has 0 spiro atoms. The zero-order valence-corrected chi connectivity index (χ0v) is 7.98. The van der Waals surface area contributed by atoms with E-state index in [0.717, 1.165) is 9.30 Å². The largest absolute Gasteiger partial charge is 0.477 e. The number of alkyl halides is 1. The lowest BCUT2D eigenvalue weighted by molar-refractivity contribution is 0.0702. The van der Waals surface area contributed by atoms with E-state index in [4.69, 9.17) is 5.11 Å². The van der Waals surface area contributed by atoms with Gasteiger partial charge < -0.3 is 5.11 Å². The molecule has 1 aromatic heterocycles. The highest BCUT2D eigenvalue weighted by atomic mass is 127. The molecular weight excluding hydrogens is 263 g/mol. The first-order valence-corrected chi connectivity index (χ1v) is 4.96. The third-order valence-corrected chi connectivity index (χ3v) is 3.42. The Labute approximate surface area is 76.0 Å². The van der Waals surface area contributed by atoms with Gasteiger partial charge in [0.2, 0.25) is 0 Å². The minimum Gasteiger partial charge on any atom is -0.477 e. The lowest BCUT2D eigenvalue weighted by Crippen LogP contribution is -1.89. The molecule has 0 saturated heterocycles. The Morgan fingerprint density at radius 2 is 2.40 bits per heavy atom. The van der Waals surface area contributed by atoms with Crippen molar-refractivity contribution in [3.05, 3.63) is 21.9 Å². The van der Waals surface area contributed by atoms with Gasteiger partial charge in [-0.3, -0.25) is 0 Å². The number of hydrogen-bond acceptors (Lipinski definition) is 2. The van der Waals surface area contributed by atoms with Gasteiger partial charge >= 0.3 is 5.97 Å². The molecule has 0 bridgehead atoms. The number of thiophene rings is 1. The Morgan fingerprint density at radius 3 is 2.70 bits per heavy atom. The van der Waals surface area contributed by atoms with Crippen LogP contribution in [-0.4, -0.2) is 11.1 Å². The SMILES string of the molecule is O=C(O)c1ccc(CI)s1. The van der Waals surface area contributed by atoms with Crippen molar-refractivity contribution in [3.8, 4) is 0 Å². The van der Waals surface area contributed by atoms with E-state index < -0.39 is 5.97 Å². The summed E-state index contributed by atoms with van der Waals surface area (Å²) in [5, 5.41) is 8.50. The molecule has 54 valence electrons. The fourth-order valence-electron chi connectivity index (χ4n) is 0.565. The molecule has 1 rings (SSSR count). The molecule has 0 fully saturated rings. The van der Waals surface area contributed by atoms with Gasteiger partial charge in [-0.15, -0.1) is 11.3 Å². The zero-order valence-electron chi connectivity index (χ0n) is 5.00. The summed E-state index contributed by atoms with van der Waals surface area (Å²) in [6, 6.07) is 3.49. The summed E-state index contributed by atoms with van der Waals surface area (Å²) in [4.78, 5) is 11.9. The maximum absolute atomic E-state index is 10.3. The minimum absolute atomic E-state index is 0.423. The predicted octanol–water partition coefficient (Wildman–Crippen LogP) is 2.38. The number of hydrogen-bond donors (Lipinski definition) is 1. The van der Waals surface area contributed by atoms with E-state index in [1.54, 1.807) is 6.07 Å². The monoisotopic (exact) mass is 268 g/mol. The molecule has 2 nitrogen and oxygen atoms in total. The highest BCUT2D eigenvalue weighted by Crippen LogP contribution is 2.18. The van der Waals surface area contributed by atoms with Gasteiger partial charge in [-0.2, -0.15) is 0 Å². The standard InChI is InChI=1S/C6H5IO2S/c7-3-4-1-2-5(10-4)6(8)9/h1-2H,3H2,(H,8,9). The molecule has 0 unspecified atom stereocenters. The zero-order chi connectivity index (χ0) is 7.56. The molecule has 0 amide bonds. The first-order chi connectivity index (χ1) is 4.74. The third kappa shape index (κ3) is 1.69. The topological polar surface area (TPSA) is 37.3 Å².